The maximum absolute atomic E-state index is 12.0. The largest absolute Gasteiger partial charge is 0.480 e. The molecule has 0 saturated heterocycles. The van der Waals surface area contributed by atoms with Crippen molar-refractivity contribution in [3.05, 3.63) is 0 Å². The third-order valence-corrected chi connectivity index (χ3v) is 2.90. The van der Waals surface area contributed by atoms with E-state index >= 15 is 0 Å². The molecule has 0 heterocycles. The molecule has 11 nitrogen and oxygen atoms in total. The van der Waals surface area contributed by atoms with Crippen LogP contribution in [-0.2, 0) is 24.0 Å². The van der Waals surface area contributed by atoms with Crippen LogP contribution < -0.4 is 27.4 Å². The van der Waals surface area contributed by atoms with Gasteiger partial charge in [0, 0.05) is 6.42 Å². The molecule has 0 bridgehead atoms. The zero-order valence-electron chi connectivity index (χ0n) is 13.5. The van der Waals surface area contributed by atoms with E-state index in [1.807, 2.05) is 0 Å². The van der Waals surface area contributed by atoms with Gasteiger partial charge in [-0.25, -0.2) is 0 Å². The van der Waals surface area contributed by atoms with E-state index in [0.29, 0.717) is 0 Å². The first-order valence-corrected chi connectivity index (χ1v) is 7.18. The van der Waals surface area contributed by atoms with Crippen molar-refractivity contribution in [2.75, 3.05) is 6.54 Å². The van der Waals surface area contributed by atoms with Crippen molar-refractivity contribution >= 4 is 29.6 Å². The lowest BCUT2D eigenvalue weighted by Crippen LogP contribution is -2.53. The fourth-order valence-electron chi connectivity index (χ4n) is 1.50. The van der Waals surface area contributed by atoms with Gasteiger partial charge < -0.3 is 32.5 Å². The van der Waals surface area contributed by atoms with Crippen molar-refractivity contribution in [1.29, 1.82) is 0 Å². The number of carboxylic acid groups (broad SMARTS) is 1. The standard InChI is InChI=1S/C13H23N5O6/c1-6(14)11(21)16-5-10(20)18-8(3-4-9(15)19)12(22)17-7(2)13(23)24/h6-8H,3-5,14H2,1-2H3,(H2,15,19)(H,16,21)(H,17,22)(H,18,20)(H,23,24). The van der Waals surface area contributed by atoms with E-state index in [-0.39, 0.29) is 12.8 Å². The van der Waals surface area contributed by atoms with Crippen LogP contribution in [-0.4, -0.2) is 59.4 Å². The Morgan fingerprint density at radius 2 is 1.62 bits per heavy atom. The first kappa shape index (κ1) is 21.3. The highest BCUT2D eigenvalue weighted by molar-refractivity contribution is 5.92. The number of hydrogen-bond acceptors (Lipinski definition) is 6. The van der Waals surface area contributed by atoms with E-state index < -0.39 is 54.3 Å². The van der Waals surface area contributed by atoms with Gasteiger partial charge in [0.05, 0.1) is 12.6 Å². The van der Waals surface area contributed by atoms with Crippen molar-refractivity contribution in [2.24, 2.45) is 11.5 Å². The third kappa shape index (κ3) is 8.68. The van der Waals surface area contributed by atoms with Crippen LogP contribution >= 0.6 is 0 Å². The fraction of sp³-hybridized carbons (Fsp3) is 0.615. The number of carboxylic acids is 1. The zero-order chi connectivity index (χ0) is 18.9. The lowest BCUT2D eigenvalue weighted by Gasteiger charge is -2.19. The number of primary amides is 1. The van der Waals surface area contributed by atoms with Gasteiger partial charge in [-0.1, -0.05) is 0 Å². The summed E-state index contributed by atoms with van der Waals surface area (Å²) in [4.78, 5) is 56.7. The molecule has 3 unspecified atom stereocenters. The molecule has 3 atom stereocenters. The minimum atomic E-state index is -1.26. The van der Waals surface area contributed by atoms with Crippen molar-refractivity contribution in [3.63, 3.8) is 0 Å². The summed E-state index contributed by atoms with van der Waals surface area (Å²) in [5.74, 6) is -3.97. The third-order valence-electron chi connectivity index (χ3n) is 2.90. The van der Waals surface area contributed by atoms with E-state index in [1.165, 1.54) is 13.8 Å². The number of aliphatic carboxylic acids is 1. The molecule has 0 rings (SSSR count). The first-order valence-electron chi connectivity index (χ1n) is 7.18. The summed E-state index contributed by atoms with van der Waals surface area (Å²) in [5.41, 5.74) is 10.3. The summed E-state index contributed by atoms with van der Waals surface area (Å²) >= 11 is 0. The van der Waals surface area contributed by atoms with Gasteiger partial charge in [-0.05, 0) is 20.3 Å². The second-order valence-corrected chi connectivity index (χ2v) is 5.20. The van der Waals surface area contributed by atoms with Crippen LogP contribution in [0.4, 0.5) is 0 Å². The zero-order valence-corrected chi connectivity index (χ0v) is 13.5. The number of nitrogens with one attached hydrogen (secondary N) is 3. The predicted octanol–water partition coefficient (Wildman–Crippen LogP) is -3.21. The van der Waals surface area contributed by atoms with Crippen LogP contribution in [0.3, 0.4) is 0 Å². The van der Waals surface area contributed by atoms with Gasteiger partial charge in [-0.15, -0.1) is 0 Å². The quantitative estimate of drug-likeness (QED) is 0.240. The van der Waals surface area contributed by atoms with E-state index in [0.717, 1.165) is 0 Å². The second kappa shape index (κ2) is 10.2. The Hall–Kier alpha value is -2.69. The molecular formula is C13H23N5O6. The molecule has 0 aliphatic heterocycles. The SMILES string of the molecule is CC(N)C(=O)NCC(=O)NC(CCC(N)=O)C(=O)NC(C)C(=O)O. The van der Waals surface area contributed by atoms with Gasteiger partial charge >= 0.3 is 5.97 Å². The van der Waals surface area contributed by atoms with Crippen LogP contribution in [0.2, 0.25) is 0 Å². The molecule has 24 heavy (non-hydrogen) atoms. The average Bonchev–Trinajstić information content (AvgIpc) is 2.48. The summed E-state index contributed by atoms with van der Waals surface area (Å²) in [7, 11) is 0. The van der Waals surface area contributed by atoms with Crippen molar-refractivity contribution < 1.29 is 29.1 Å². The summed E-state index contributed by atoms with van der Waals surface area (Å²) in [6, 6.07) is -3.15. The molecule has 0 spiro atoms. The molecule has 0 aliphatic carbocycles. The van der Waals surface area contributed by atoms with Crippen molar-refractivity contribution in [3.8, 4) is 0 Å². The van der Waals surface area contributed by atoms with Gasteiger partial charge in [0.25, 0.3) is 0 Å². The van der Waals surface area contributed by atoms with Gasteiger partial charge in [0.15, 0.2) is 0 Å². The summed E-state index contributed by atoms with van der Waals surface area (Å²) in [5, 5.41) is 15.5. The molecule has 0 saturated carbocycles. The molecule has 0 aromatic rings. The average molecular weight is 345 g/mol. The van der Waals surface area contributed by atoms with Gasteiger partial charge in [0.2, 0.25) is 23.6 Å². The van der Waals surface area contributed by atoms with Crippen molar-refractivity contribution in [2.45, 2.75) is 44.8 Å². The molecule has 0 aromatic carbocycles. The lowest BCUT2D eigenvalue weighted by atomic mass is 10.1. The summed E-state index contributed by atoms with van der Waals surface area (Å²) in [6.07, 6.45) is -0.299. The maximum Gasteiger partial charge on any atom is 0.325 e. The van der Waals surface area contributed by atoms with Crippen LogP contribution in [0.15, 0.2) is 0 Å². The lowest BCUT2D eigenvalue weighted by molar-refractivity contribution is -0.141. The topological polar surface area (TPSA) is 194 Å². The van der Waals surface area contributed by atoms with E-state index in [4.69, 9.17) is 16.6 Å². The van der Waals surface area contributed by atoms with E-state index in [1.54, 1.807) is 0 Å². The Morgan fingerprint density at radius 3 is 2.08 bits per heavy atom. The highest BCUT2D eigenvalue weighted by atomic mass is 16.4. The van der Waals surface area contributed by atoms with Crippen molar-refractivity contribution in [1.82, 2.24) is 16.0 Å². The van der Waals surface area contributed by atoms with E-state index in [9.17, 15) is 24.0 Å². The second-order valence-electron chi connectivity index (χ2n) is 5.20. The van der Waals surface area contributed by atoms with Gasteiger partial charge in [-0.3, -0.25) is 24.0 Å². The number of hydrogen-bond donors (Lipinski definition) is 6. The molecule has 0 radical (unpaired) electrons. The molecule has 11 heteroatoms. The Kier molecular flexibility index (Phi) is 9.02. The number of carbonyl (C=O) groups excluding carboxylic acids is 4. The van der Waals surface area contributed by atoms with E-state index in [2.05, 4.69) is 16.0 Å². The highest BCUT2D eigenvalue weighted by Crippen LogP contribution is 1.99. The molecule has 4 amide bonds. The van der Waals surface area contributed by atoms with Crippen LogP contribution in [0, 0.1) is 0 Å². The minimum absolute atomic E-state index is 0.111. The molecular weight excluding hydrogens is 322 g/mol. The van der Waals surface area contributed by atoms with Crippen LogP contribution in [0.25, 0.3) is 0 Å². The molecule has 0 aromatic heterocycles. The number of rotatable bonds is 10. The smallest absolute Gasteiger partial charge is 0.325 e. The monoisotopic (exact) mass is 345 g/mol. The number of carbonyl (C=O) groups is 5. The Morgan fingerprint density at radius 1 is 1.04 bits per heavy atom. The fourth-order valence-corrected chi connectivity index (χ4v) is 1.50. The van der Waals surface area contributed by atoms with Gasteiger partial charge in [-0.2, -0.15) is 0 Å². The van der Waals surface area contributed by atoms with Gasteiger partial charge in [0.1, 0.15) is 12.1 Å². The molecule has 0 aliphatic rings. The van der Waals surface area contributed by atoms with Crippen LogP contribution in [0.5, 0.6) is 0 Å². The Bertz CT molecular complexity index is 507. The number of nitrogens with two attached hydrogens (primary N) is 2. The summed E-state index contributed by atoms with van der Waals surface area (Å²) < 4.78 is 0. The minimum Gasteiger partial charge on any atom is -0.480 e. The molecule has 136 valence electrons. The normalized spacial score (nSPS) is 14.0. The Balaban J connectivity index is 4.72. The first-order chi connectivity index (χ1) is 11.0. The van der Waals surface area contributed by atoms with Crippen LogP contribution in [0.1, 0.15) is 26.7 Å². The highest BCUT2D eigenvalue weighted by Gasteiger charge is 2.24. The molecule has 8 N–H and O–H groups in total. The number of amides is 4. The Labute approximate surface area is 138 Å². The summed E-state index contributed by atoms with van der Waals surface area (Å²) in [6.45, 7) is 2.26. The predicted molar refractivity (Wildman–Crippen MR) is 82.3 cm³/mol. The maximum atomic E-state index is 12.0. The molecule has 0 fully saturated rings.